The molecule has 1 aromatic heterocycles. The van der Waals surface area contributed by atoms with Crippen LogP contribution in [0.2, 0.25) is 0 Å². The van der Waals surface area contributed by atoms with E-state index in [0.717, 1.165) is 31.6 Å². The Kier molecular flexibility index (Phi) is 6.29. The summed E-state index contributed by atoms with van der Waals surface area (Å²) in [6.07, 6.45) is 4.64. The van der Waals surface area contributed by atoms with Gasteiger partial charge in [0.25, 0.3) is 0 Å². The molecule has 0 aliphatic carbocycles. The van der Waals surface area contributed by atoms with E-state index >= 15 is 0 Å². The number of thioether (sulfide) groups is 1. The molecule has 1 saturated heterocycles. The van der Waals surface area contributed by atoms with Crippen molar-refractivity contribution < 1.29 is 4.79 Å². The predicted octanol–water partition coefficient (Wildman–Crippen LogP) is 3.67. The first-order chi connectivity index (χ1) is 12.6. The van der Waals surface area contributed by atoms with Crippen LogP contribution in [-0.4, -0.2) is 49.4 Å². The smallest absolute Gasteiger partial charge is 0.235 e. The SMILES string of the molecule is CC(C)c1ccc(-n2nnnc2S[C@@H](C)C(=O)N2CCCCCC2)cc1. The van der Waals surface area contributed by atoms with Crippen LogP contribution >= 0.6 is 11.8 Å². The van der Waals surface area contributed by atoms with Crippen molar-refractivity contribution in [1.29, 1.82) is 0 Å². The monoisotopic (exact) mass is 373 g/mol. The lowest BCUT2D eigenvalue weighted by Crippen LogP contribution is -2.37. The maximum Gasteiger partial charge on any atom is 0.235 e. The van der Waals surface area contributed by atoms with Gasteiger partial charge in [-0.1, -0.05) is 50.6 Å². The molecule has 26 heavy (non-hydrogen) atoms. The summed E-state index contributed by atoms with van der Waals surface area (Å²) in [6.45, 7) is 8.02. The van der Waals surface area contributed by atoms with E-state index < -0.39 is 0 Å². The number of carbonyl (C=O) groups excluding carboxylic acids is 1. The molecule has 1 aromatic carbocycles. The highest BCUT2D eigenvalue weighted by atomic mass is 32.2. The Balaban J connectivity index is 1.70. The Hall–Kier alpha value is -1.89. The first-order valence-electron chi connectivity index (χ1n) is 9.40. The number of carbonyl (C=O) groups is 1. The Bertz CT molecular complexity index is 720. The van der Waals surface area contributed by atoms with Crippen LogP contribution < -0.4 is 0 Å². The van der Waals surface area contributed by atoms with Gasteiger partial charge in [-0.25, -0.2) is 0 Å². The van der Waals surface area contributed by atoms with Crippen LogP contribution in [0.4, 0.5) is 0 Å². The first-order valence-corrected chi connectivity index (χ1v) is 10.3. The maximum atomic E-state index is 12.8. The summed E-state index contributed by atoms with van der Waals surface area (Å²) in [7, 11) is 0. The molecule has 3 rings (SSSR count). The zero-order chi connectivity index (χ0) is 18.5. The number of benzene rings is 1. The zero-order valence-electron chi connectivity index (χ0n) is 15.8. The van der Waals surface area contributed by atoms with Gasteiger partial charge in [0, 0.05) is 13.1 Å². The minimum atomic E-state index is -0.201. The van der Waals surface area contributed by atoms with Crippen molar-refractivity contribution >= 4 is 17.7 Å². The number of tetrazole rings is 1. The van der Waals surface area contributed by atoms with Gasteiger partial charge < -0.3 is 4.90 Å². The lowest BCUT2D eigenvalue weighted by atomic mass is 10.0. The Morgan fingerprint density at radius 1 is 1.04 bits per heavy atom. The first kappa shape index (κ1) is 18.9. The van der Waals surface area contributed by atoms with Gasteiger partial charge in [0.15, 0.2) is 0 Å². The van der Waals surface area contributed by atoms with E-state index in [4.69, 9.17) is 0 Å². The van der Waals surface area contributed by atoms with Gasteiger partial charge in [0.1, 0.15) is 0 Å². The average molecular weight is 374 g/mol. The van der Waals surface area contributed by atoms with E-state index in [1.807, 2.05) is 24.0 Å². The summed E-state index contributed by atoms with van der Waals surface area (Å²) < 4.78 is 1.71. The maximum absolute atomic E-state index is 12.8. The molecule has 1 atom stereocenters. The Labute approximate surface area is 159 Å². The van der Waals surface area contributed by atoms with Gasteiger partial charge in [-0.2, -0.15) is 4.68 Å². The lowest BCUT2D eigenvalue weighted by Gasteiger charge is -2.23. The molecule has 1 aliphatic heterocycles. The van der Waals surface area contributed by atoms with E-state index in [9.17, 15) is 4.79 Å². The summed E-state index contributed by atoms with van der Waals surface area (Å²) in [5, 5.41) is 12.5. The quantitative estimate of drug-likeness (QED) is 0.748. The predicted molar refractivity (Wildman–Crippen MR) is 104 cm³/mol. The van der Waals surface area contributed by atoms with Crippen LogP contribution in [0.25, 0.3) is 5.69 Å². The van der Waals surface area contributed by atoms with Crippen LogP contribution in [0.15, 0.2) is 29.4 Å². The second-order valence-electron chi connectivity index (χ2n) is 7.12. The third kappa shape index (κ3) is 4.44. The molecule has 0 bridgehead atoms. The van der Waals surface area contributed by atoms with Crippen molar-refractivity contribution in [3.05, 3.63) is 29.8 Å². The number of aromatic nitrogens is 4. The number of likely N-dealkylation sites (tertiary alicyclic amines) is 1. The molecule has 0 unspecified atom stereocenters. The fourth-order valence-electron chi connectivity index (χ4n) is 3.17. The van der Waals surface area contributed by atoms with Gasteiger partial charge in [-0.05, 0) is 53.8 Å². The standard InChI is InChI=1S/C19H27N5OS/c1-14(2)16-8-10-17(11-9-16)24-19(20-21-22-24)26-15(3)18(25)23-12-6-4-5-7-13-23/h8-11,14-15H,4-7,12-13H2,1-3H3/t15-/m0/s1. The fraction of sp³-hybridized carbons (Fsp3) is 0.579. The highest BCUT2D eigenvalue weighted by Crippen LogP contribution is 2.25. The third-order valence-corrected chi connectivity index (χ3v) is 5.81. The topological polar surface area (TPSA) is 63.9 Å². The van der Waals surface area contributed by atoms with Crippen LogP contribution in [0.5, 0.6) is 0 Å². The molecule has 1 amide bonds. The van der Waals surface area contributed by atoms with E-state index in [2.05, 4.69) is 41.5 Å². The number of rotatable bonds is 5. The van der Waals surface area contributed by atoms with Crippen LogP contribution in [0, 0.1) is 0 Å². The second kappa shape index (κ2) is 8.66. The molecule has 2 heterocycles. The summed E-state index contributed by atoms with van der Waals surface area (Å²) >= 11 is 1.43. The third-order valence-electron chi connectivity index (χ3n) is 4.79. The summed E-state index contributed by atoms with van der Waals surface area (Å²) in [4.78, 5) is 14.8. The van der Waals surface area contributed by atoms with Crippen LogP contribution in [0.1, 0.15) is 57.9 Å². The summed E-state index contributed by atoms with van der Waals surface area (Å²) in [6, 6.07) is 8.25. The van der Waals surface area contributed by atoms with E-state index in [1.54, 1.807) is 4.68 Å². The van der Waals surface area contributed by atoms with Crippen molar-refractivity contribution in [3.63, 3.8) is 0 Å². The minimum absolute atomic E-state index is 0.182. The molecule has 140 valence electrons. The van der Waals surface area contributed by atoms with E-state index in [1.165, 1.54) is 30.2 Å². The Morgan fingerprint density at radius 3 is 2.31 bits per heavy atom. The normalized spacial score (nSPS) is 16.5. The highest BCUT2D eigenvalue weighted by molar-refractivity contribution is 8.00. The van der Waals surface area contributed by atoms with Crippen LogP contribution in [-0.2, 0) is 4.79 Å². The van der Waals surface area contributed by atoms with Crippen molar-refractivity contribution in [2.24, 2.45) is 0 Å². The van der Waals surface area contributed by atoms with Crippen molar-refractivity contribution in [1.82, 2.24) is 25.1 Å². The lowest BCUT2D eigenvalue weighted by molar-refractivity contribution is -0.130. The van der Waals surface area contributed by atoms with Gasteiger partial charge in [-0.3, -0.25) is 4.79 Å². The fourth-order valence-corrected chi connectivity index (χ4v) is 4.06. The molecular weight excluding hydrogens is 346 g/mol. The molecule has 1 fully saturated rings. The highest BCUT2D eigenvalue weighted by Gasteiger charge is 2.24. The molecule has 6 nitrogen and oxygen atoms in total. The Morgan fingerprint density at radius 2 is 1.69 bits per heavy atom. The molecule has 7 heteroatoms. The molecule has 1 aliphatic rings. The number of hydrogen-bond acceptors (Lipinski definition) is 5. The van der Waals surface area contributed by atoms with Gasteiger partial charge in [0.2, 0.25) is 11.1 Å². The number of amides is 1. The molecule has 0 N–H and O–H groups in total. The minimum Gasteiger partial charge on any atom is -0.342 e. The molecule has 0 saturated carbocycles. The largest absolute Gasteiger partial charge is 0.342 e. The van der Waals surface area contributed by atoms with E-state index in [0.29, 0.717) is 11.1 Å². The molecule has 0 radical (unpaired) electrons. The number of hydrogen-bond donors (Lipinski definition) is 0. The zero-order valence-corrected chi connectivity index (χ0v) is 16.6. The van der Waals surface area contributed by atoms with Crippen molar-refractivity contribution in [3.8, 4) is 5.69 Å². The molecule has 0 spiro atoms. The van der Waals surface area contributed by atoms with Gasteiger partial charge in [-0.15, -0.1) is 5.10 Å². The molecular formula is C19H27N5OS. The second-order valence-corrected chi connectivity index (χ2v) is 8.43. The van der Waals surface area contributed by atoms with Crippen molar-refractivity contribution in [2.75, 3.05) is 13.1 Å². The van der Waals surface area contributed by atoms with E-state index in [-0.39, 0.29) is 11.2 Å². The summed E-state index contributed by atoms with van der Waals surface area (Å²) in [5.41, 5.74) is 2.19. The molecule has 2 aromatic rings. The van der Waals surface area contributed by atoms with Crippen molar-refractivity contribution in [2.45, 2.75) is 62.8 Å². The van der Waals surface area contributed by atoms with Gasteiger partial charge >= 0.3 is 0 Å². The summed E-state index contributed by atoms with van der Waals surface area (Å²) in [5.74, 6) is 0.666. The number of nitrogens with zero attached hydrogens (tertiary/aromatic N) is 5. The average Bonchev–Trinajstić information content (AvgIpc) is 2.92. The van der Waals surface area contributed by atoms with Crippen LogP contribution in [0.3, 0.4) is 0 Å². The van der Waals surface area contributed by atoms with Gasteiger partial charge in [0.05, 0.1) is 10.9 Å².